The summed E-state index contributed by atoms with van der Waals surface area (Å²) in [5.41, 5.74) is 1.34. The molecule has 1 aliphatic heterocycles. The van der Waals surface area contributed by atoms with Crippen LogP contribution in [0.4, 0.5) is 0 Å². The highest BCUT2D eigenvalue weighted by molar-refractivity contribution is 5.15. The van der Waals surface area contributed by atoms with Crippen molar-refractivity contribution in [3.8, 4) is 0 Å². The summed E-state index contributed by atoms with van der Waals surface area (Å²) in [5.74, 6) is 0.892. The van der Waals surface area contributed by atoms with E-state index >= 15 is 0 Å². The van der Waals surface area contributed by atoms with Crippen LogP contribution < -0.4 is 5.32 Å². The number of rotatable bonds is 6. The summed E-state index contributed by atoms with van der Waals surface area (Å²) < 4.78 is 0. The van der Waals surface area contributed by atoms with Gasteiger partial charge in [-0.05, 0) is 37.7 Å². The van der Waals surface area contributed by atoms with Gasteiger partial charge in [0.25, 0.3) is 0 Å². The van der Waals surface area contributed by atoms with Gasteiger partial charge in [-0.3, -0.25) is 4.90 Å². The number of nitrogens with one attached hydrogen (secondary N) is 1. The molecule has 20 heavy (non-hydrogen) atoms. The van der Waals surface area contributed by atoms with Gasteiger partial charge in [0.05, 0.1) is 6.10 Å². The van der Waals surface area contributed by atoms with Crippen molar-refractivity contribution in [2.45, 2.75) is 50.9 Å². The molecular formula is C17H26N2O. The summed E-state index contributed by atoms with van der Waals surface area (Å²) >= 11 is 0. The van der Waals surface area contributed by atoms with Crippen molar-refractivity contribution in [1.82, 2.24) is 10.2 Å². The molecule has 3 nitrogen and oxygen atoms in total. The number of β-amino-alcohol motifs (C(OH)–C–C–N with tert-alkyl or cyclic N) is 1. The number of hydrogen-bond acceptors (Lipinski definition) is 3. The molecule has 0 spiro atoms. The van der Waals surface area contributed by atoms with Gasteiger partial charge in [-0.1, -0.05) is 30.3 Å². The second kappa shape index (κ2) is 6.25. The first kappa shape index (κ1) is 14.1. The molecule has 0 radical (unpaired) electrons. The van der Waals surface area contributed by atoms with Gasteiger partial charge in [-0.25, -0.2) is 0 Å². The van der Waals surface area contributed by atoms with Crippen LogP contribution in [0, 0.1) is 5.92 Å². The van der Waals surface area contributed by atoms with Gasteiger partial charge in [0.1, 0.15) is 0 Å². The Bertz CT molecular complexity index is 418. The average molecular weight is 274 g/mol. The highest BCUT2D eigenvalue weighted by Gasteiger charge is 2.32. The molecule has 2 N–H and O–H groups in total. The maximum absolute atomic E-state index is 9.97. The lowest BCUT2D eigenvalue weighted by Crippen LogP contribution is -2.41. The van der Waals surface area contributed by atoms with E-state index in [4.69, 9.17) is 0 Å². The fraction of sp³-hybridized carbons (Fsp3) is 0.647. The first-order valence-electron chi connectivity index (χ1n) is 7.92. The minimum atomic E-state index is -0.165. The van der Waals surface area contributed by atoms with Gasteiger partial charge >= 0.3 is 0 Å². The zero-order chi connectivity index (χ0) is 13.9. The molecule has 1 aromatic rings. The Labute approximate surface area is 122 Å². The van der Waals surface area contributed by atoms with Crippen LogP contribution in [0.5, 0.6) is 0 Å². The Morgan fingerprint density at radius 3 is 2.75 bits per heavy atom. The molecule has 1 saturated heterocycles. The quantitative estimate of drug-likeness (QED) is 0.833. The Kier molecular flexibility index (Phi) is 4.39. The molecule has 0 aromatic heterocycles. The van der Waals surface area contributed by atoms with E-state index in [9.17, 15) is 5.11 Å². The summed E-state index contributed by atoms with van der Waals surface area (Å²) in [4.78, 5) is 2.42. The van der Waals surface area contributed by atoms with Crippen LogP contribution in [0.3, 0.4) is 0 Å². The third-order valence-corrected chi connectivity index (χ3v) is 4.74. The van der Waals surface area contributed by atoms with E-state index in [-0.39, 0.29) is 6.10 Å². The van der Waals surface area contributed by atoms with Gasteiger partial charge in [-0.2, -0.15) is 0 Å². The third kappa shape index (κ3) is 3.60. The SMILES string of the molecule is CC(NCC1CC(O)CN1Cc1ccccc1)C1CC1. The van der Waals surface area contributed by atoms with Gasteiger partial charge < -0.3 is 10.4 Å². The second-order valence-corrected chi connectivity index (χ2v) is 6.49. The number of likely N-dealkylation sites (tertiary alicyclic amines) is 1. The van der Waals surface area contributed by atoms with Crippen molar-refractivity contribution in [2.75, 3.05) is 13.1 Å². The molecule has 3 rings (SSSR count). The molecule has 3 heteroatoms. The molecule has 3 unspecified atom stereocenters. The van der Waals surface area contributed by atoms with Crippen LogP contribution in [0.25, 0.3) is 0 Å². The minimum Gasteiger partial charge on any atom is -0.392 e. The summed E-state index contributed by atoms with van der Waals surface area (Å²) in [6.07, 6.45) is 3.50. The molecule has 2 aliphatic rings. The number of hydrogen-bond donors (Lipinski definition) is 2. The van der Waals surface area contributed by atoms with Crippen molar-refractivity contribution < 1.29 is 5.11 Å². The molecule has 1 saturated carbocycles. The first-order valence-corrected chi connectivity index (χ1v) is 7.92. The van der Waals surface area contributed by atoms with Gasteiger partial charge in [0.15, 0.2) is 0 Å². The molecule has 2 fully saturated rings. The highest BCUT2D eigenvalue weighted by atomic mass is 16.3. The molecule has 1 aliphatic carbocycles. The summed E-state index contributed by atoms with van der Waals surface area (Å²) in [6.45, 7) is 5.05. The summed E-state index contributed by atoms with van der Waals surface area (Å²) in [7, 11) is 0. The first-order chi connectivity index (χ1) is 9.72. The zero-order valence-corrected chi connectivity index (χ0v) is 12.3. The second-order valence-electron chi connectivity index (χ2n) is 6.49. The Hall–Kier alpha value is -0.900. The average Bonchev–Trinajstić information content (AvgIpc) is 3.23. The fourth-order valence-electron chi connectivity index (χ4n) is 3.27. The van der Waals surface area contributed by atoms with Gasteiger partial charge in [0, 0.05) is 31.7 Å². The highest BCUT2D eigenvalue weighted by Crippen LogP contribution is 2.32. The smallest absolute Gasteiger partial charge is 0.0682 e. The lowest BCUT2D eigenvalue weighted by Gasteiger charge is -2.26. The van der Waals surface area contributed by atoms with Crippen LogP contribution in [0.1, 0.15) is 31.7 Å². The standard InChI is InChI=1S/C17H26N2O/c1-13(15-7-8-15)18-10-16-9-17(20)12-19(16)11-14-5-3-2-4-6-14/h2-6,13,15-18,20H,7-12H2,1H3. The Morgan fingerprint density at radius 2 is 2.05 bits per heavy atom. The van der Waals surface area contributed by atoms with Crippen molar-refractivity contribution in [3.63, 3.8) is 0 Å². The van der Waals surface area contributed by atoms with Crippen LogP contribution >= 0.6 is 0 Å². The summed E-state index contributed by atoms with van der Waals surface area (Å²) in [6, 6.07) is 11.7. The predicted octanol–water partition coefficient (Wildman–Crippen LogP) is 2.01. The van der Waals surface area contributed by atoms with Crippen molar-refractivity contribution in [2.24, 2.45) is 5.92 Å². The predicted molar refractivity (Wildman–Crippen MR) is 81.5 cm³/mol. The van der Waals surface area contributed by atoms with E-state index in [1.807, 2.05) is 0 Å². The van der Waals surface area contributed by atoms with Crippen LogP contribution in [0.2, 0.25) is 0 Å². The maximum atomic E-state index is 9.97. The molecular weight excluding hydrogens is 248 g/mol. The number of benzene rings is 1. The van der Waals surface area contributed by atoms with E-state index in [0.29, 0.717) is 12.1 Å². The molecule has 0 amide bonds. The lowest BCUT2D eigenvalue weighted by molar-refractivity contribution is 0.172. The van der Waals surface area contributed by atoms with E-state index < -0.39 is 0 Å². The van der Waals surface area contributed by atoms with Crippen LogP contribution in [-0.2, 0) is 6.54 Å². The topological polar surface area (TPSA) is 35.5 Å². The number of nitrogens with zero attached hydrogens (tertiary/aromatic N) is 1. The third-order valence-electron chi connectivity index (χ3n) is 4.74. The van der Waals surface area contributed by atoms with Crippen molar-refractivity contribution in [3.05, 3.63) is 35.9 Å². The molecule has 0 bridgehead atoms. The van der Waals surface area contributed by atoms with E-state index in [2.05, 4.69) is 47.5 Å². The minimum absolute atomic E-state index is 0.165. The number of aliphatic hydroxyl groups excluding tert-OH is 1. The van der Waals surface area contributed by atoms with Gasteiger partial charge in [-0.15, -0.1) is 0 Å². The molecule has 1 aromatic carbocycles. The molecule has 1 heterocycles. The monoisotopic (exact) mass is 274 g/mol. The van der Waals surface area contributed by atoms with Crippen molar-refractivity contribution in [1.29, 1.82) is 0 Å². The molecule has 110 valence electrons. The van der Waals surface area contributed by atoms with Crippen LogP contribution in [0.15, 0.2) is 30.3 Å². The summed E-state index contributed by atoms with van der Waals surface area (Å²) in [5, 5.41) is 13.6. The largest absolute Gasteiger partial charge is 0.392 e. The Balaban J connectivity index is 1.54. The number of aliphatic hydroxyl groups is 1. The lowest BCUT2D eigenvalue weighted by atomic mass is 10.1. The maximum Gasteiger partial charge on any atom is 0.0682 e. The van der Waals surface area contributed by atoms with E-state index in [0.717, 1.165) is 32.0 Å². The van der Waals surface area contributed by atoms with E-state index in [1.165, 1.54) is 18.4 Å². The Morgan fingerprint density at radius 1 is 1.30 bits per heavy atom. The van der Waals surface area contributed by atoms with Crippen LogP contribution in [-0.4, -0.2) is 41.3 Å². The fourth-order valence-corrected chi connectivity index (χ4v) is 3.27. The van der Waals surface area contributed by atoms with E-state index in [1.54, 1.807) is 0 Å². The normalized spacial score (nSPS) is 28.7. The van der Waals surface area contributed by atoms with Gasteiger partial charge in [0.2, 0.25) is 0 Å². The van der Waals surface area contributed by atoms with Crippen molar-refractivity contribution >= 4 is 0 Å². The zero-order valence-electron chi connectivity index (χ0n) is 12.3. The molecule has 3 atom stereocenters.